The van der Waals surface area contributed by atoms with Gasteiger partial charge in [0.05, 0.1) is 0 Å². The molecule has 0 aromatic heterocycles. The van der Waals surface area contributed by atoms with E-state index in [4.69, 9.17) is 5.73 Å². The molecule has 0 saturated carbocycles. The molecule has 0 atom stereocenters. The molecule has 3 N–H and O–H groups in total. The quantitative estimate of drug-likeness (QED) is 0.513. The number of anilines is 2. The Hall–Kier alpha value is -1.69. The molecule has 0 spiro atoms. The Balaban J connectivity index is 1.90. The Morgan fingerprint density at radius 3 is 2.90 bits per heavy atom. The van der Waals surface area contributed by atoms with Gasteiger partial charge in [-0.1, -0.05) is 0 Å². The maximum atomic E-state index is 12.3. The second kappa shape index (κ2) is 5.36. The summed E-state index contributed by atoms with van der Waals surface area (Å²) in [6.45, 7) is 0. The molecule has 0 unspecified atom stereocenters. The number of nitrogen functional groups attached to an aromatic ring is 1. The molecule has 100 valence electrons. The maximum absolute atomic E-state index is 12.3. The van der Waals surface area contributed by atoms with Crippen molar-refractivity contribution in [3.05, 3.63) is 46.4 Å². The third-order valence-corrected chi connectivity index (χ3v) is 4.31. The molecule has 0 saturated heterocycles. The zero-order valence-electron chi connectivity index (χ0n) is 10.1. The number of rotatable bonds is 2. The number of fused-ring (bicyclic) bond motifs is 1. The number of amides is 1. The van der Waals surface area contributed by atoms with Gasteiger partial charge in [0.15, 0.2) is 0 Å². The Morgan fingerprint density at radius 1 is 1.25 bits per heavy atom. The van der Waals surface area contributed by atoms with Crippen LogP contribution in [0.25, 0.3) is 0 Å². The van der Waals surface area contributed by atoms with Crippen molar-refractivity contribution in [3.63, 3.8) is 0 Å². The van der Waals surface area contributed by atoms with Crippen LogP contribution in [0, 0.1) is 0 Å². The zero-order chi connectivity index (χ0) is 14.1. The molecule has 0 bridgehead atoms. The summed E-state index contributed by atoms with van der Waals surface area (Å²) in [5.74, 6) is -0.221. The van der Waals surface area contributed by atoms with Crippen LogP contribution in [0.2, 0.25) is 0 Å². The molecule has 0 fully saturated rings. The number of benzene rings is 2. The molecule has 7 heteroatoms. The summed E-state index contributed by atoms with van der Waals surface area (Å²) < 4.78 is 9.38. The number of nitrogens with zero attached hydrogens (tertiary/aromatic N) is 2. The topological polar surface area (TPSA) is 79.8 Å². The van der Waals surface area contributed by atoms with Gasteiger partial charge in [0.25, 0.3) is 0 Å². The van der Waals surface area contributed by atoms with E-state index in [9.17, 15) is 4.79 Å². The van der Waals surface area contributed by atoms with Gasteiger partial charge in [-0.3, -0.25) is 0 Å². The first-order chi connectivity index (χ1) is 9.63. The van der Waals surface area contributed by atoms with E-state index < -0.39 is 0 Å². The van der Waals surface area contributed by atoms with E-state index in [2.05, 4.69) is 29.2 Å². The fourth-order valence-corrected chi connectivity index (χ4v) is 3.51. The van der Waals surface area contributed by atoms with Gasteiger partial charge in [-0.15, -0.1) is 0 Å². The Labute approximate surface area is 129 Å². The summed E-state index contributed by atoms with van der Waals surface area (Å²) in [5.41, 5.74) is 9.03. The van der Waals surface area contributed by atoms with Gasteiger partial charge < -0.3 is 0 Å². The first-order valence-electron chi connectivity index (χ1n) is 5.72. The average Bonchev–Trinajstić information content (AvgIpc) is 2.87. The summed E-state index contributed by atoms with van der Waals surface area (Å²) in [7, 11) is 0. The minimum atomic E-state index is -0.221. The molecule has 0 aliphatic carbocycles. The van der Waals surface area contributed by atoms with Crippen LogP contribution in [0.4, 0.5) is 22.7 Å². The zero-order valence-corrected chi connectivity index (χ0v) is 13.4. The second-order valence-electron chi connectivity index (χ2n) is 4.16. The van der Waals surface area contributed by atoms with Crippen molar-refractivity contribution < 1.29 is 4.79 Å². The molecule has 5 nitrogen and oxygen atoms in total. The van der Waals surface area contributed by atoms with Gasteiger partial charge in [-0.25, -0.2) is 0 Å². The molecule has 1 amide bonds. The van der Waals surface area contributed by atoms with Crippen LogP contribution in [0.5, 0.6) is 0 Å². The normalized spacial score (nSPS) is 11.8. The van der Waals surface area contributed by atoms with Crippen LogP contribution >= 0.6 is 15.9 Å². The fraction of sp³-hybridized carbons (Fsp3) is 0. The molecular formula is C13H9BrN4OSe. The predicted molar refractivity (Wildman–Crippen MR) is 82.9 cm³/mol. The molecule has 2 aromatic rings. The van der Waals surface area contributed by atoms with Gasteiger partial charge in [0, 0.05) is 0 Å². The molecule has 1 aliphatic rings. The summed E-state index contributed by atoms with van der Waals surface area (Å²) in [4.78, 5) is 12.3. The Morgan fingerprint density at radius 2 is 2.10 bits per heavy atom. The molecule has 2 aromatic carbocycles. The first kappa shape index (κ1) is 13.3. The third kappa shape index (κ3) is 2.60. The van der Waals surface area contributed by atoms with E-state index in [1.165, 1.54) is 0 Å². The monoisotopic (exact) mass is 396 g/mol. The SMILES string of the molecule is Nc1cc(Br)cc(C(=O)Nc2cccc3c2N=[Se]=N3)c1. The minimum absolute atomic E-state index is 0.122. The van der Waals surface area contributed by atoms with Crippen molar-refractivity contribution in [1.29, 1.82) is 0 Å². The Kier molecular flexibility index (Phi) is 3.56. The van der Waals surface area contributed by atoms with Crippen molar-refractivity contribution in [2.24, 2.45) is 7.92 Å². The standard InChI is InChI=1S/C13H9BrN4OSe/c14-8-4-7(5-9(15)6-8)13(19)16-10-2-1-3-11-12(10)18-20-17-11/h1-6H,15H2,(H,16,19). The predicted octanol–water partition coefficient (Wildman–Crippen LogP) is 3.63. The summed E-state index contributed by atoms with van der Waals surface area (Å²) in [5, 5.41) is 2.85. The van der Waals surface area contributed by atoms with Gasteiger partial charge in [-0.2, -0.15) is 0 Å². The van der Waals surface area contributed by atoms with Crippen LogP contribution in [0.1, 0.15) is 10.4 Å². The van der Waals surface area contributed by atoms with Crippen LogP contribution in [0.3, 0.4) is 0 Å². The third-order valence-electron chi connectivity index (χ3n) is 2.72. The van der Waals surface area contributed by atoms with Crippen molar-refractivity contribution in [3.8, 4) is 0 Å². The van der Waals surface area contributed by atoms with Gasteiger partial charge >= 0.3 is 129 Å². The van der Waals surface area contributed by atoms with Gasteiger partial charge in [0.1, 0.15) is 0 Å². The van der Waals surface area contributed by atoms with E-state index in [1.54, 1.807) is 18.2 Å². The van der Waals surface area contributed by atoms with E-state index >= 15 is 0 Å². The number of carbonyl (C=O) groups excluding carboxylic acids is 1. The number of nitrogens with one attached hydrogen (secondary N) is 1. The van der Waals surface area contributed by atoms with Crippen LogP contribution < -0.4 is 11.1 Å². The number of hydrogen-bond acceptors (Lipinski definition) is 4. The second-order valence-corrected chi connectivity index (χ2v) is 6.19. The molecule has 1 heterocycles. The van der Waals surface area contributed by atoms with Crippen LogP contribution in [-0.4, -0.2) is 20.5 Å². The fourth-order valence-electron chi connectivity index (χ4n) is 1.84. The number of halogens is 1. The van der Waals surface area contributed by atoms with Crippen LogP contribution in [-0.2, 0) is 0 Å². The van der Waals surface area contributed by atoms with E-state index in [-0.39, 0.29) is 20.5 Å². The number of nitrogens with two attached hydrogens (primary N) is 1. The first-order valence-corrected chi connectivity index (χ1v) is 8.05. The Bertz CT molecular complexity index is 764. The van der Waals surface area contributed by atoms with Gasteiger partial charge in [0.2, 0.25) is 0 Å². The van der Waals surface area contributed by atoms with E-state index in [1.807, 2.05) is 18.2 Å². The van der Waals surface area contributed by atoms with E-state index in [0.717, 1.165) is 15.8 Å². The van der Waals surface area contributed by atoms with Gasteiger partial charge in [-0.05, 0) is 0 Å². The molecule has 1 aliphatic heterocycles. The van der Waals surface area contributed by atoms with E-state index in [0.29, 0.717) is 16.9 Å². The molecule has 20 heavy (non-hydrogen) atoms. The summed E-state index contributed by atoms with van der Waals surface area (Å²) >= 11 is 3.20. The number of hydrogen-bond donors (Lipinski definition) is 2. The average molecular weight is 396 g/mol. The van der Waals surface area contributed by atoms with Crippen molar-refractivity contribution >= 4 is 59.2 Å². The van der Waals surface area contributed by atoms with Crippen molar-refractivity contribution in [1.82, 2.24) is 0 Å². The van der Waals surface area contributed by atoms with Crippen molar-refractivity contribution in [2.45, 2.75) is 0 Å². The summed E-state index contributed by atoms with van der Waals surface area (Å²) in [6, 6.07) is 10.7. The van der Waals surface area contributed by atoms with Crippen LogP contribution in [0.15, 0.2) is 48.8 Å². The van der Waals surface area contributed by atoms with Crippen molar-refractivity contribution in [2.75, 3.05) is 11.1 Å². The molecule has 3 rings (SSSR count). The molecule has 0 radical (unpaired) electrons. The molecular weight excluding hydrogens is 387 g/mol. The summed E-state index contributed by atoms with van der Waals surface area (Å²) in [6.07, 6.45) is 0. The number of carbonyl (C=O) groups is 1.